The highest BCUT2D eigenvalue weighted by molar-refractivity contribution is 6.74. The Labute approximate surface area is 189 Å². The normalized spacial score (nSPS) is 22.4. The average Bonchev–Trinajstić information content (AvgIpc) is 3.01. The van der Waals surface area contributed by atoms with E-state index in [2.05, 4.69) is 70.3 Å². The average molecular weight is 443 g/mol. The standard InChI is InChI=1S/C26H38O4Si/c1-25(2,3)31(6,7)30-23(21-16-12-9-13-17-21)24-22(28-26(4,5)29-24)19-27-18-20-14-10-8-11-15-20/h8-17,22-24H,18-19H2,1-7H3/t22-,23+,24+/m1/s1. The highest BCUT2D eigenvalue weighted by Crippen LogP contribution is 2.44. The van der Waals surface area contributed by atoms with Crippen LogP contribution in [0, 0.1) is 0 Å². The SMILES string of the molecule is CC1(C)O[C@H]([C@@H](O[Si](C)(C)C(C)(C)C)c2ccccc2)[C@@H](COCc2ccccc2)O1. The zero-order valence-electron chi connectivity index (χ0n) is 20.1. The largest absolute Gasteiger partial charge is 0.407 e. The van der Waals surface area contributed by atoms with Gasteiger partial charge in [0.25, 0.3) is 0 Å². The van der Waals surface area contributed by atoms with Crippen LogP contribution in [0.15, 0.2) is 60.7 Å². The van der Waals surface area contributed by atoms with Crippen LogP contribution in [-0.4, -0.2) is 32.9 Å². The summed E-state index contributed by atoms with van der Waals surface area (Å²) in [5.74, 6) is -0.685. The molecule has 0 N–H and O–H groups in total. The van der Waals surface area contributed by atoms with E-state index in [9.17, 15) is 0 Å². The maximum absolute atomic E-state index is 6.94. The van der Waals surface area contributed by atoms with Crippen LogP contribution in [0.2, 0.25) is 18.1 Å². The molecule has 0 radical (unpaired) electrons. The topological polar surface area (TPSA) is 36.9 Å². The van der Waals surface area contributed by atoms with Gasteiger partial charge in [-0.25, -0.2) is 0 Å². The molecule has 0 saturated carbocycles. The van der Waals surface area contributed by atoms with Gasteiger partial charge in [-0.3, -0.25) is 0 Å². The first-order chi connectivity index (χ1) is 14.5. The number of hydrogen-bond acceptors (Lipinski definition) is 4. The quantitative estimate of drug-likeness (QED) is 0.438. The van der Waals surface area contributed by atoms with Crippen molar-refractivity contribution < 1.29 is 18.6 Å². The van der Waals surface area contributed by atoms with Gasteiger partial charge in [0.15, 0.2) is 14.1 Å². The number of benzene rings is 2. The lowest BCUT2D eigenvalue weighted by molar-refractivity contribution is -0.157. The van der Waals surface area contributed by atoms with Crippen LogP contribution in [0.1, 0.15) is 51.8 Å². The summed E-state index contributed by atoms with van der Waals surface area (Å²) in [4.78, 5) is 0. The van der Waals surface area contributed by atoms with Crippen molar-refractivity contribution >= 4 is 8.32 Å². The lowest BCUT2D eigenvalue weighted by Gasteiger charge is -2.41. The summed E-state index contributed by atoms with van der Waals surface area (Å²) < 4.78 is 25.7. The van der Waals surface area contributed by atoms with E-state index < -0.39 is 14.1 Å². The molecule has 0 aromatic heterocycles. The van der Waals surface area contributed by atoms with E-state index in [0.29, 0.717) is 13.2 Å². The third-order valence-electron chi connectivity index (χ3n) is 6.27. The molecule has 1 saturated heterocycles. The van der Waals surface area contributed by atoms with Crippen molar-refractivity contribution in [1.29, 1.82) is 0 Å². The fourth-order valence-electron chi connectivity index (χ4n) is 3.58. The number of rotatable bonds is 8. The van der Waals surface area contributed by atoms with E-state index in [0.717, 1.165) is 11.1 Å². The van der Waals surface area contributed by atoms with Crippen LogP contribution in [0.3, 0.4) is 0 Å². The third kappa shape index (κ3) is 6.27. The molecule has 0 bridgehead atoms. The molecule has 1 heterocycles. The summed E-state index contributed by atoms with van der Waals surface area (Å²) in [6.07, 6.45) is -0.676. The molecule has 2 aromatic rings. The first-order valence-electron chi connectivity index (χ1n) is 11.2. The van der Waals surface area contributed by atoms with E-state index in [1.807, 2.05) is 38.1 Å². The van der Waals surface area contributed by atoms with Gasteiger partial charge in [-0.05, 0) is 43.1 Å². The van der Waals surface area contributed by atoms with Crippen LogP contribution in [-0.2, 0) is 25.2 Å². The Morgan fingerprint density at radius 2 is 1.52 bits per heavy atom. The van der Waals surface area contributed by atoms with E-state index in [-0.39, 0.29) is 23.4 Å². The Bertz CT molecular complexity index is 814. The molecule has 1 aliphatic rings. The fourth-order valence-corrected chi connectivity index (χ4v) is 4.84. The van der Waals surface area contributed by atoms with Crippen LogP contribution >= 0.6 is 0 Å². The first-order valence-corrected chi connectivity index (χ1v) is 14.1. The summed E-state index contributed by atoms with van der Waals surface area (Å²) >= 11 is 0. The molecular weight excluding hydrogens is 404 g/mol. The lowest BCUT2D eigenvalue weighted by atomic mass is 10.0. The zero-order valence-corrected chi connectivity index (χ0v) is 21.1. The molecule has 31 heavy (non-hydrogen) atoms. The number of hydrogen-bond donors (Lipinski definition) is 0. The molecule has 1 fully saturated rings. The Hall–Kier alpha value is -1.50. The van der Waals surface area contributed by atoms with Gasteiger partial charge in [0.1, 0.15) is 12.2 Å². The van der Waals surface area contributed by atoms with E-state index in [1.165, 1.54) is 0 Å². The van der Waals surface area contributed by atoms with Crippen molar-refractivity contribution in [3.05, 3.63) is 71.8 Å². The van der Waals surface area contributed by atoms with Crippen molar-refractivity contribution in [3.8, 4) is 0 Å². The molecule has 3 atom stereocenters. The minimum atomic E-state index is -2.05. The molecule has 0 aliphatic carbocycles. The molecule has 0 amide bonds. The lowest BCUT2D eigenvalue weighted by Crippen LogP contribution is -2.46. The summed E-state index contributed by atoms with van der Waals surface area (Å²) in [5, 5.41) is 0.0916. The fraction of sp³-hybridized carbons (Fsp3) is 0.538. The van der Waals surface area contributed by atoms with Crippen molar-refractivity contribution in [2.24, 2.45) is 0 Å². The minimum Gasteiger partial charge on any atom is -0.407 e. The highest BCUT2D eigenvalue weighted by atomic mass is 28.4. The molecule has 0 spiro atoms. The third-order valence-corrected chi connectivity index (χ3v) is 10.7. The van der Waals surface area contributed by atoms with Crippen LogP contribution in [0.4, 0.5) is 0 Å². The highest BCUT2D eigenvalue weighted by Gasteiger charge is 2.49. The second-order valence-corrected chi connectivity index (χ2v) is 15.1. The summed E-state index contributed by atoms with van der Waals surface area (Å²) in [6.45, 7) is 16.3. The van der Waals surface area contributed by atoms with Crippen LogP contribution in [0.25, 0.3) is 0 Å². The van der Waals surface area contributed by atoms with Crippen molar-refractivity contribution in [1.82, 2.24) is 0 Å². The molecule has 2 aromatic carbocycles. The molecule has 170 valence electrons. The second kappa shape index (κ2) is 9.55. The molecular formula is C26H38O4Si. The zero-order chi connectivity index (χ0) is 22.7. The monoisotopic (exact) mass is 442 g/mol. The summed E-state index contributed by atoms with van der Waals surface area (Å²) in [5.41, 5.74) is 2.26. The molecule has 3 rings (SSSR count). The number of ether oxygens (including phenoxy) is 3. The first kappa shape index (κ1) is 24.1. The molecule has 5 heteroatoms. The van der Waals surface area contributed by atoms with Gasteiger partial charge in [-0.2, -0.15) is 0 Å². The smallest absolute Gasteiger partial charge is 0.193 e. The van der Waals surface area contributed by atoms with Crippen molar-refractivity contribution in [2.45, 2.75) is 83.5 Å². The predicted octanol–water partition coefficient (Wildman–Crippen LogP) is 6.49. The Balaban J connectivity index is 1.82. The van der Waals surface area contributed by atoms with Gasteiger partial charge < -0.3 is 18.6 Å². The van der Waals surface area contributed by atoms with Crippen molar-refractivity contribution in [3.63, 3.8) is 0 Å². The minimum absolute atomic E-state index is 0.0916. The maximum Gasteiger partial charge on any atom is 0.193 e. The van der Waals surface area contributed by atoms with E-state index >= 15 is 0 Å². The van der Waals surface area contributed by atoms with E-state index in [1.54, 1.807) is 0 Å². The van der Waals surface area contributed by atoms with Crippen LogP contribution < -0.4 is 0 Å². The van der Waals surface area contributed by atoms with Gasteiger partial charge in [-0.15, -0.1) is 0 Å². The van der Waals surface area contributed by atoms with E-state index in [4.69, 9.17) is 18.6 Å². The Morgan fingerprint density at radius 3 is 2.10 bits per heavy atom. The Morgan fingerprint density at radius 1 is 0.935 bits per heavy atom. The van der Waals surface area contributed by atoms with Gasteiger partial charge in [0, 0.05) is 0 Å². The predicted molar refractivity (Wildman–Crippen MR) is 127 cm³/mol. The summed E-state index contributed by atoms with van der Waals surface area (Å²) in [7, 11) is -2.05. The van der Waals surface area contributed by atoms with Crippen LogP contribution in [0.5, 0.6) is 0 Å². The molecule has 1 aliphatic heterocycles. The molecule has 0 unspecified atom stereocenters. The Kier molecular flexibility index (Phi) is 7.44. The second-order valence-electron chi connectivity index (χ2n) is 10.3. The van der Waals surface area contributed by atoms with Gasteiger partial charge in [0.05, 0.1) is 19.3 Å². The van der Waals surface area contributed by atoms with Gasteiger partial charge >= 0.3 is 0 Å². The van der Waals surface area contributed by atoms with Gasteiger partial charge in [0.2, 0.25) is 0 Å². The van der Waals surface area contributed by atoms with Crippen molar-refractivity contribution in [2.75, 3.05) is 6.61 Å². The molecule has 4 nitrogen and oxygen atoms in total. The summed E-state index contributed by atoms with van der Waals surface area (Å²) in [6, 6.07) is 20.6. The van der Waals surface area contributed by atoms with Gasteiger partial charge in [-0.1, -0.05) is 81.4 Å². The maximum atomic E-state index is 6.94.